The SMILES string of the molecule is C=C(C)COCCNc1ccc2nnnn2n1. The lowest BCUT2D eigenvalue weighted by atomic mass is 10.4. The van der Waals surface area contributed by atoms with Crippen LogP contribution >= 0.6 is 0 Å². The van der Waals surface area contributed by atoms with Crippen molar-refractivity contribution in [3.05, 3.63) is 24.3 Å². The predicted molar refractivity (Wildman–Crippen MR) is 62.7 cm³/mol. The molecule has 0 amide bonds. The van der Waals surface area contributed by atoms with Gasteiger partial charge in [0.05, 0.1) is 13.2 Å². The largest absolute Gasteiger partial charge is 0.375 e. The van der Waals surface area contributed by atoms with Gasteiger partial charge >= 0.3 is 0 Å². The van der Waals surface area contributed by atoms with Crippen LogP contribution in [0.4, 0.5) is 5.82 Å². The Kier molecular flexibility index (Phi) is 3.61. The molecule has 0 aromatic carbocycles. The Morgan fingerprint density at radius 1 is 1.53 bits per heavy atom. The van der Waals surface area contributed by atoms with Gasteiger partial charge in [-0.1, -0.05) is 12.2 Å². The number of rotatable bonds is 6. The van der Waals surface area contributed by atoms with Crippen LogP contribution in [-0.4, -0.2) is 45.0 Å². The quantitative estimate of drug-likeness (QED) is 0.580. The third-order valence-corrected chi connectivity index (χ3v) is 1.97. The summed E-state index contributed by atoms with van der Waals surface area (Å²) in [5, 5.41) is 18.3. The molecule has 0 aliphatic carbocycles. The van der Waals surface area contributed by atoms with Crippen LogP contribution in [-0.2, 0) is 4.74 Å². The molecule has 0 unspecified atom stereocenters. The minimum Gasteiger partial charge on any atom is -0.375 e. The van der Waals surface area contributed by atoms with E-state index in [1.807, 2.05) is 13.0 Å². The molecule has 17 heavy (non-hydrogen) atoms. The molecule has 0 saturated carbocycles. The normalized spacial score (nSPS) is 10.6. The summed E-state index contributed by atoms with van der Waals surface area (Å²) in [5.74, 6) is 0.712. The standard InChI is InChI=1S/C10H14N6O/c1-8(2)7-17-6-5-11-9-3-4-10-12-14-15-16(10)13-9/h3-4H,1,5-7H2,2H3,(H,11,13). The number of anilines is 1. The van der Waals surface area contributed by atoms with E-state index < -0.39 is 0 Å². The summed E-state index contributed by atoms with van der Waals surface area (Å²) in [5.41, 5.74) is 1.63. The van der Waals surface area contributed by atoms with Gasteiger partial charge in [-0.05, 0) is 29.5 Å². The Labute approximate surface area is 98.5 Å². The van der Waals surface area contributed by atoms with Gasteiger partial charge in [-0.25, -0.2) is 0 Å². The van der Waals surface area contributed by atoms with E-state index in [2.05, 4.69) is 32.5 Å². The molecule has 7 nitrogen and oxygen atoms in total. The van der Waals surface area contributed by atoms with Crippen molar-refractivity contribution in [2.24, 2.45) is 0 Å². The average Bonchev–Trinajstić information content (AvgIpc) is 2.75. The zero-order valence-electron chi connectivity index (χ0n) is 9.63. The van der Waals surface area contributed by atoms with E-state index in [1.54, 1.807) is 6.07 Å². The van der Waals surface area contributed by atoms with Crippen LogP contribution in [0.5, 0.6) is 0 Å². The number of ether oxygens (including phenoxy) is 1. The molecule has 1 N–H and O–H groups in total. The average molecular weight is 234 g/mol. The van der Waals surface area contributed by atoms with Crippen molar-refractivity contribution < 1.29 is 4.74 Å². The Bertz CT molecular complexity index is 508. The highest BCUT2D eigenvalue weighted by atomic mass is 16.5. The number of nitrogens with zero attached hydrogens (tertiary/aromatic N) is 5. The molecule has 2 rings (SSSR count). The Morgan fingerprint density at radius 3 is 3.24 bits per heavy atom. The fourth-order valence-corrected chi connectivity index (χ4v) is 1.24. The molecule has 0 saturated heterocycles. The molecular weight excluding hydrogens is 220 g/mol. The second kappa shape index (κ2) is 5.35. The fraction of sp³-hybridized carbons (Fsp3) is 0.400. The lowest BCUT2D eigenvalue weighted by molar-refractivity contribution is 0.167. The second-order valence-corrected chi connectivity index (χ2v) is 3.68. The summed E-state index contributed by atoms with van der Waals surface area (Å²) in [6.07, 6.45) is 0. The maximum Gasteiger partial charge on any atom is 0.200 e. The maximum absolute atomic E-state index is 5.35. The molecule has 0 bridgehead atoms. The van der Waals surface area contributed by atoms with Crippen molar-refractivity contribution in [2.45, 2.75) is 6.92 Å². The van der Waals surface area contributed by atoms with Gasteiger partial charge < -0.3 is 10.1 Å². The van der Waals surface area contributed by atoms with Gasteiger partial charge in [0.15, 0.2) is 5.65 Å². The predicted octanol–water partition coefficient (Wildman–Crippen LogP) is 0.524. The van der Waals surface area contributed by atoms with E-state index in [9.17, 15) is 0 Å². The van der Waals surface area contributed by atoms with Crippen LogP contribution in [0.1, 0.15) is 6.92 Å². The third kappa shape index (κ3) is 3.22. The molecule has 0 fully saturated rings. The maximum atomic E-state index is 5.35. The van der Waals surface area contributed by atoms with Crippen molar-refractivity contribution >= 4 is 11.5 Å². The van der Waals surface area contributed by atoms with Crippen molar-refractivity contribution in [2.75, 3.05) is 25.1 Å². The van der Waals surface area contributed by atoms with Crippen molar-refractivity contribution in [3.8, 4) is 0 Å². The summed E-state index contributed by atoms with van der Waals surface area (Å²) in [6.45, 7) is 7.55. The molecule has 0 aliphatic rings. The molecule has 0 radical (unpaired) electrons. The minimum absolute atomic E-state index is 0.584. The molecule has 2 aromatic heterocycles. The highest BCUT2D eigenvalue weighted by Gasteiger charge is 1.99. The lowest BCUT2D eigenvalue weighted by Gasteiger charge is -2.06. The first kappa shape index (κ1) is 11.5. The first-order valence-corrected chi connectivity index (χ1v) is 5.27. The van der Waals surface area contributed by atoms with Crippen LogP contribution in [0.2, 0.25) is 0 Å². The molecule has 0 spiro atoms. The van der Waals surface area contributed by atoms with Gasteiger partial charge in [0.2, 0.25) is 0 Å². The van der Waals surface area contributed by atoms with E-state index in [0.717, 1.165) is 5.57 Å². The number of hydrogen-bond acceptors (Lipinski definition) is 6. The molecule has 90 valence electrons. The van der Waals surface area contributed by atoms with E-state index in [1.165, 1.54) is 4.63 Å². The first-order chi connectivity index (χ1) is 8.25. The molecular formula is C10H14N6O. The summed E-state index contributed by atoms with van der Waals surface area (Å²) >= 11 is 0. The highest BCUT2D eigenvalue weighted by Crippen LogP contribution is 2.02. The van der Waals surface area contributed by atoms with Gasteiger partial charge in [0.25, 0.3) is 0 Å². The Balaban J connectivity index is 1.80. The van der Waals surface area contributed by atoms with E-state index in [0.29, 0.717) is 31.2 Å². The first-order valence-electron chi connectivity index (χ1n) is 5.27. The van der Waals surface area contributed by atoms with Crippen LogP contribution in [0, 0.1) is 0 Å². The van der Waals surface area contributed by atoms with Gasteiger partial charge in [0.1, 0.15) is 5.82 Å². The van der Waals surface area contributed by atoms with E-state index in [4.69, 9.17) is 4.74 Å². The van der Waals surface area contributed by atoms with Gasteiger partial charge in [-0.15, -0.1) is 14.8 Å². The Morgan fingerprint density at radius 2 is 2.41 bits per heavy atom. The summed E-state index contributed by atoms with van der Waals surface area (Å²) in [7, 11) is 0. The minimum atomic E-state index is 0.584. The molecule has 2 heterocycles. The number of nitrogens with one attached hydrogen (secondary N) is 1. The van der Waals surface area contributed by atoms with Crippen molar-refractivity contribution in [1.82, 2.24) is 25.3 Å². The topological polar surface area (TPSA) is 77.2 Å². The number of tetrazole rings is 1. The molecule has 2 aromatic rings. The van der Waals surface area contributed by atoms with Crippen molar-refractivity contribution in [1.29, 1.82) is 0 Å². The monoisotopic (exact) mass is 234 g/mol. The number of fused-ring (bicyclic) bond motifs is 1. The van der Waals surface area contributed by atoms with Gasteiger partial charge in [-0.2, -0.15) is 0 Å². The van der Waals surface area contributed by atoms with Crippen LogP contribution in [0.25, 0.3) is 5.65 Å². The smallest absolute Gasteiger partial charge is 0.200 e. The summed E-state index contributed by atoms with van der Waals surface area (Å²) < 4.78 is 6.72. The van der Waals surface area contributed by atoms with Crippen LogP contribution < -0.4 is 5.32 Å². The van der Waals surface area contributed by atoms with Gasteiger partial charge in [0, 0.05) is 6.54 Å². The fourth-order valence-electron chi connectivity index (χ4n) is 1.24. The molecule has 0 aliphatic heterocycles. The van der Waals surface area contributed by atoms with Crippen molar-refractivity contribution in [3.63, 3.8) is 0 Å². The summed E-state index contributed by atoms with van der Waals surface area (Å²) in [4.78, 5) is 0. The Hall–Kier alpha value is -2.02. The summed E-state index contributed by atoms with van der Waals surface area (Å²) in [6, 6.07) is 3.62. The van der Waals surface area contributed by atoms with Crippen LogP contribution in [0.3, 0.4) is 0 Å². The lowest BCUT2D eigenvalue weighted by Crippen LogP contribution is -2.12. The number of hydrogen-bond donors (Lipinski definition) is 1. The van der Waals surface area contributed by atoms with Crippen LogP contribution in [0.15, 0.2) is 24.3 Å². The van der Waals surface area contributed by atoms with Gasteiger partial charge in [-0.3, -0.25) is 0 Å². The third-order valence-electron chi connectivity index (χ3n) is 1.97. The highest BCUT2D eigenvalue weighted by molar-refractivity contribution is 5.41. The second-order valence-electron chi connectivity index (χ2n) is 3.68. The van der Waals surface area contributed by atoms with E-state index in [-0.39, 0.29) is 0 Å². The van der Waals surface area contributed by atoms with E-state index >= 15 is 0 Å². The molecule has 0 atom stereocenters. The number of aromatic nitrogens is 5. The molecule has 7 heteroatoms. The zero-order valence-corrected chi connectivity index (χ0v) is 9.63. The zero-order chi connectivity index (χ0) is 12.1.